The van der Waals surface area contributed by atoms with E-state index in [0.29, 0.717) is 6.61 Å². The Balaban J connectivity index is 2.13. The van der Waals surface area contributed by atoms with Crippen LogP contribution in [0.15, 0.2) is 22.7 Å². The molecule has 1 saturated heterocycles. The molecule has 0 aliphatic carbocycles. The number of rotatable bonds is 2. The third kappa shape index (κ3) is 2.56. The van der Waals surface area contributed by atoms with Crippen molar-refractivity contribution in [2.24, 2.45) is 0 Å². The van der Waals surface area contributed by atoms with E-state index in [1.807, 2.05) is 0 Å². The van der Waals surface area contributed by atoms with Crippen molar-refractivity contribution in [3.8, 4) is 0 Å². The number of hydrogen-bond acceptors (Lipinski definition) is 3. The molecule has 0 bridgehead atoms. The van der Waals surface area contributed by atoms with Gasteiger partial charge in [0.25, 0.3) is 0 Å². The summed E-state index contributed by atoms with van der Waals surface area (Å²) < 4.78 is 6.56. The molecule has 0 amide bonds. The molecule has 1 N–H and O–H groups in total. The summed E-state index contributed by atoms with van der Waals surface area (Å²) in [6, 6.07) is 6.31. The van der Waals surface area contributed by atoms with Gasteiger partial charge in [-0.3, -0.25) is 0 Å². The van der Waals surface area contributed by atoms with E-state index < -0.39 is 0 Å². The normalized spacial score (nSPS) is 21.2. The van der Waals surface area contributed by atoms with Crippen LogP contribution in [0.5, 0.6) is 0 Å². The number of aliphatic hydroxyl groups is 1. The average molecular weight is 286 g/mol. The highest BCUT2D eigenvalue weighted by atomic mass is 79.9. The minimum absolute atomic E-state index is 0.0577. The van der Waals surface area contributed by atoms with Crippen molar-refractivity contribution in [1.29, 1.82) is 0 Å². The van der Waals surface area contributed by atoms with Crippen molar-refractivity contribution in [3.05, 3.63) is 28.2 Å². The standard InChI is InChI=1S/C12H16BrNO2/c1-9-6-10(2-3-12(9)13)14-4-5-16-11(7-14)8-15/h2-3,6,11,15H,4-5,7-8H2,1H3. The number of anilines is 1. The Morgan fingerprint density at radius 2 is 2.38 bits per heavy atom. The molecule has 0 spiro atoms. The second kappa shape index (κ2) is 5.17. The summed E-state index contributed by atoms with van der Waals surface area (Å²) in [5, 5.41) is 9.10. The molecule has 1 aliphatic rings. The van der Waals surface area contributed by atoms with Crippen LogP contribution in [-0.2, 0) is 4.74 Å². The van der Waals surface area contributed by atoms with E-state index in [1.54, 1.807) is 0 Å². The van der Waals surface area contributed by atoms with E-state index >= 15 is 0 Å². The number of benzene rings is 1. The van der Waals surface area contributed by atoms with Gasteiger partial charge in [0.15, 0.2) is 0 Å². The van der Waals surface area contributed by atoms with Crippen LogP contribution in [0.1, 0.15) is 5.56 Å². The fourth-order valence-electron chi connectivity index (χ4n) is 1.89. The van der Waals surface area contributed by atoms with Crippen LogP contribution in [0.3, 0.4) is 0 Å². The van der Waals surface area contributed by atoms with Gasteiger partial charge >= 0.3 is 0 Å². The van der Waals surface area contributed by atoms with E-state index in [1.165, 1.54) is 11.3 Å². The third-order valence-corrected chi connectivity index (χ3v) is 3.74. The van der Waals surface area contributed by atoms with Gasteiger partial charge in [0.1, 0.15) is 0 Å². The van der Waals surface area contributed by atoms with Gasteiger partial charge < -0.3 is 14.7 Å². The minimum Gasteiger partial charge on any atom is -0.394 e. The molecule has 1 heterocycles. The first kappa shape index (κ1) is 11.9. The molecule has 3 nitrogen and oxygen atoms in total. The molecule has 1 atom stereocenters. The zero-order valence-electron chi connectivity index (χ0n) is 9.32. The number of ether oxygens (including phenoxy) is 1. The van der Waals surface area contributed by atoms with Gasteiger partial charge in [-0.15, -0.1) is 0 Å². The Kier molecular flexibility index (Phi) is 3.84. The summed E-state index contributed by atoms with van der Waals surface area (Å²) in [7, 11) is 0. The van der Waals surface area contributed by atoms with E-state index in [-0.39, 0.29) is 12.7 Å². The molecule has 4 heteroatoms. The average Bonchev–Trinajstić information content (AvgIpc) is 2.33. The lowest BCUT2D eigenvalue weighted by Crippen LogP contribution is -2.44. The summed E-state index contributed by atoms with van der Waals surface area (Å²) in [5.74, 6) is 0. The highest BCUT2D eigenvalue weighted by Gasteiger charge is 2.19. The number of halogens is 1. The topological polar surface area (TPSA) is 32.7 Å². The number of aliphatic hydroxyl groups excluding tert-OH is 1. The number of morpholine rings is 1. The van der Waals surface area contributed by atoms with Gasteiger partial charge in [-0.2, -0.15) is 0 Å². The zero-order chi connectivity index (χ0) is 11.5. The molecule has 1 aromatic carbocycles. The summed E-state index contributed by atoms with van der Waals surface area (Å²) in [4.78, 5) is 2.25. The van der Waals surface area contributed by atoms with Crippen molar-refractivity contribution in [1.82, 2.24) is 0 Å². The van der Waals surface area contributed by atoms with Gasteiger partial charge in [-0.25, -0.2) is 0 Å². The molecule has 1 fully saturated rings. The highest BCUT2D eigenvalue weighted by Crippen LogP contribution is 2.24. The zero-order valence-corrected chi connectivity index (χ0v) is 10.9. The first-order valence-corrected chi connectivity index (χ1v) is 6.23. The Morgan fingerprint density at radius 3 is 3.06 bits per heavy atom. The SMILES string of the molecule is Cc1cc(N2CCOC(CO)C2)ccc1Br. The minimum atomic E-state index is -0.0577. The van der Waals surface area contributed by atoms with E-state index in [0.717, 1.165) is 17.6 Å². The number of hydrogen-bond donors (Lipinski definition) is 1. The fourth-order valence-corrected chi connectivity index (χ4v) is 2.14. The molecule has 16 heavy (non-hydrogen) atoms. The molecule has 88 valence electrons. The van der Waals surface area contributed by atoms with Crippen LogP contribution in [0, 0.1) is 6.92 Å². The Hall–Kier alpha value is -0.580. The molecule has 1 unspecified atom stereocenters. The second-order valence-corrected chi connectivity index (χ2v) is 4.91. The maximum absolute atomic E-state index is 9.10. The number of nitrogens with zero attached hydrogens (tertiary/aromatic N) is 1. The van der Waals surface area contributed by atoms with Crippen LogP contribution in [0.2, 0.25) is 0 Å². The molecule has 0 aromatic heterocycles. The second-order valence-electron chi connectivity index (χ2n) is 4.05. The first-order valence-electron chi connectivity index (χ1n) is 5.44. The van der Waals surface area contributed by atoms with Gasteiger partial charge in [-0.05, 0) is 30.7 Å². The van der Waals surface area contributed by atoms with Crippen molar-refractivity contribution in [2.45, 2.75) is 13.0 Å². The molecule has 1 aromatic rings. The lowest BCUT2D eigenvalue weighted by molar-refractivity contribution is 0.00356. The Morgan fingerprint density at radius 1 is 1.56 bits per heavy atom. The van der Waals surface area contributed by atoms with Crippen molar-refractivity contribution >= 4 is 21.6 Å². The summed E-state index contributed by atoms with van der Waals surface area (Å²) in [6.45, 7) is 4.50. The van der Waals surface area contributed by atoms with Crippen LogP contribution >= 0.6 is 15.9 Å². The van der Waals surface area contributed by atoms with Gasteiger partial charge in [0, 0.05) is 23.2 Å². The predicted molar refractivity (Wildman–Crippen MR) is 67.9 cm³/mol. The summed E-state index contributed by atoms with van der Waals surface area (Å²) in [6.07, 6.45) is -0.0577. The number of aryl methyl sites for hydroxylation is 1. The smallest absolute Gasteiger partial charge is 0.0980 e. The summed E-state index contributed by atoms with van der Waals surface area (Å²) in [5.41, 5.74) is 2.42. The predicted octanol–water partition coefficient (Wildman–Crippen LogP) is 1.96. The first-order chi connectivity index (χ1) is 7.70. The van der Waals surface area contributed by atoms with Crippen molar-refractivity contribution in [2.75, 3.05) is 31.2 Å². The van der Waals surface area contributed by atoms with E-state index in [9.17, 15) is 0 Å². The van der Waals surface area contributed by atoms with Crippen LogP contribution in [0.4, 0.5) is 5.69 Å². The van der Waals surface area contributed by atoms with Crippen molar-refractivity contribution in [3.63, 3.8) is 0 Å². The molecule has 1 aliphatic heterocycles. The molecule has 2 rings (SSSR count). The lowest BCUT2D eigenvalue weighted by Gasteiger charge is -2.34. The van der Waals surface area contributed by atoms with E-state index in [4.69, 9.17) is 9.84 Å². The maximum Gasteiger partial charge on any atom is 0.0980 e. The summed E-state index contributed by atoms with van der Waals surface area (Å²) >= 11 is 3.50. The van der Waals surface area contributed by atoms with Crippen LogP contribution in [-0.4, -0.2) is 37.5 Å². The maximum atomic E-state index is 9.10. The van der Waals surface area contributed by atoms with Gasteiger partial charge in [-0.1, -0.05) is 15.9 Å². The van der Waals surface area contributed by atoms with Gasteiger partial charge in [0.2, 0.25) is 0 Å². The molecule has 0 saturated carbocycles. The van der Waals surface area contributed by atoms with E-state index in [2.05, 4.69) is 46.0 Å². The largest absolute Gasteiger partial charge is 0.394 e. The molecular weight excluding hydrogens is 270 g/mol. The lowest BCUT2D eigenvalue weighted by atomic mass is 10.2. The molecule has 0 radical (unpaired) electrons. The quantitative estimate of drug-likeness (QED) is 0.902. The van der Waals surface area contributed by atoms with Crippen LogP contribution < -0.4 is 4.90 Å². The van der Waals surface area contributed by atoms with Crippen molar-refractivity contribution < 1.29 is 9.84 Å². The van der Waals surface area contributed by atoms with Crippen LogP contribution in [0.25, 0.3) is 0 Å². The fraction of sp³-hybridized carbons (Fsp3) is 0.500. The van der Waals surface area contributed by atoms with Gasteiger partial charge in [0.05, 0.1) is 19.3 Å². The molecular formula is C12H16BrNO2. The highest BCUT2D eigenvalue weighted by molar-refractivity contribution is 9.10. The Bertz CT molecular complexity index is 370. The monoisotopic (exact) mass is 285 g/mol. The third-order valence-electron chi connectivity index (χ3n) is 2.85. The Labute approximate surface area is 104 Å².